The maximum Gasteiger partial charge on any atom is 0.340 e. The minimum Gasteiger partial charge on any atom is -0.481 e. The van der Waals surface area contributed by atoms with E-state index in [0.29, 0.717) is 11.1 Å². The number of fused-ring (bicyclic) bond motifs is 4. The van der Waals surface area contributed by atoms with Gasteiger partial charge in [0.2, 0.25) is 11.8 Å². The van der Waals surface area contributed by atoms with Crippen molar-refractivity contribution in [3.63, 3.8) is 0 Å². The topological polar surface area (TPSA) is 139 Å². The van der Waals surface area contributed by atoms with Gasteiger partial charge in [-0.05, 0) is 56.7 Å². The molecule has 2 amide bonds. The molecule has 0 saturated carbocycles. The van der Waals surface area contributed by atoms with E-state index in [0.717, 1.165) is 58.9 Å². The largest absolute Gasteiger partial charge is 0.481 e. The molecular weight excluding hydrogens is 524 g/mol. The number of hydrogen-bond acceptors (Lipinski definition) is 6. The number of carbonyl (C=O) groups excluding carboxylic acids is 2. The lowest BCUT2D eigenvalue weighted by atomic mass is 9.93. The van der Waals surface area contributed by atoms with Crippen LogP contribution in [0.5, 0.6) is 0 Å². The van der Waals surface area contributed by atoms with Crippen LogP contribution in [0.25, 0.3) is 21.9 Å². The minimum atomic E-state index is -0.943. The number of rotatable bonds is 10. The molecule has 1 aliphatic carbocycles. The number of nitrogens with one attached hydrogen (secondary N) is 2. The Labute approximate surface area is 236 Å². The van der Waals surface area contributed by atoms with Crippen molar-refractivity contribution in [3.8, 4) is 0 Å². The van der Waals surface area contributed by atoms with Crippen LogP contribution < -0.4 is 16.3 Å². The number of amides is 2. The Morgan fingerprint density at radius 3 is 2.46 bits per heavy atom. The predicted molar refractivity (Wildman–Crippen MR) is 154 cm³/mol. The van der Waals surface area contributed by atoms with E-state index in [9.17, 15) is 19.2 Å². The van der Waals surface area contributed by atoms with Crippen molar-refractivity contribution < 1.29 is 28.3 Å². The van der Waals surface area contributed by atoms with Gasteiger partial charge in [0.25, 0.3) is 0 Å². The van der Waals surface area contributed by atoms with Crippen molar-refractivity contribution in [1.82, 2.24) is 10.6 Å². The molecule has 1 atom stereocenters. The number of carbonyl (C=O) groups is 3. The molecule has 4 aromatic rings. The predicted octanol–water partition coefficient (Wildman–Crippen LogP) is 4.29. The summed E-state index contributed by atoms with van der Waals surface area (Å²) < 4.78 is 11.9. The number of aryl methyl sites for hydroxylation is 4. The highest BCUT2D eigenvalue weighted by Crippen LogP contribution is 2.37. The molecule has 214 valence electrons. The van der Waals surface area contributed by atoms with Crippen LogP contribution in [0.1, 0.15) is 59.3 Å². The fourth-order valence-electron chi connectivity index (χ4n) is 5.66. The molecule has 9 nitrogen and oxygen atoms in total. The third-order valence-corrected chi connectivity index (χ3v) is 7.86. The van der Waals surface area contributed by atoms with Gasteiger partial charge in [-0.2, -0.15) is 0 Å². The van der Waals surface area contributed by atoms with Gasteiger partial charge in [-0.25, -0.2) is 4.79 Å². The lowest BCUT2D eigenvalue weighted by Gasteiger charge is -2.19. The summed E-state index contributed by atoms with van der Waals surface area (Å²) in [6, 6.07) is 10.4. The molecule has 0 fully saturated rings. The highest BCUT2D eigenvalue weighted by atomic mass is 16.4. The summed E-state index contributed by atoms with van der Waals surface area (Å²) in [6.07, 6.45) is 4.23. The van der Waals surface area contributed by atoms with Crippen LogP contribution in [0.3, 0.4) is 0 Å². The van der Waals surface area contributed by atoms with E-state index < -0.39 is 29.5 Å². The molecule has 41 heavy (non-hydrogen) atoms. The van der Waals surface area contributed by atoms with Gasteiger partial charge in [-0.1, -0.05) is 30.3 Å². The molecule has 2 heterocycles. The molecule has 0 bridgehead atoms. The second-order valence-corrected chi connectivity index (χ2v) is 10.7. The smallest absolute Gasteiger partial charge is 0.340 e. The molecule has 9 heteroatoms. The van der Waals surface area contributed by atoms with Gasteiger partial charge in [0.05, 0.1) is 12.0 Å². The van der Waals surface area contributed by atoms with Crippen molar-refractivity contribution >= 4 is 39.7 Å². The summed E-state index contributed by atoms with van der Waals surface area (Å²) in [5, 5.41) is 16.1. The van der Waals surface area contributed by atoms with Crippen molar-refractivity contribution in [3.05, 3.63) is 80.4 Å². The van der Waals surface area contributed by atoms with E-state index in [1.165, 1.54) is 5.56 Å². The maximum atomic E-state index is 13.2. The molecule has 3 N–H and O–H groups in total. The summed E-state index contributed by atoms with van der Waals surface area (Å²) in [7, 11) is 0. The zero-order valence-corrected chi connectivity index (χ0v) is 23.3. The van der Waals surface area contributed by atoms with Crippen LogP contribution in [0.15, 0.2) is 50.0 Å². The lowest BCUT2D eigenvalue weighted by molar-refractivity contribution is -0.137. The van der Waals surface area contributed by atoms with Crippen LogP contribution in [0.2, 0.25) is 0 Å². The summed E-state index contributed by atoms with van der Waals surface area (Å²) >= 11 is 0. The molecule has 0 saturated heterocycles. The van der Waals surface area contributed by atoms with Gasteiger partial charge in [0.15, 0.2) is 0 Å². The van der Waals surface area contributed by atoms with Crippen molar-refractivity contribution in [2.75, 3.05) is 6.54 Å². The van der Waals surface area contributed by atoms with Gasteiger partial charge in [-0.15, -0.1) is 0 Å². The molecular formula is C32H34N2O7. The molecule has 0 unspecified atom stereocenters. The first-order chi connectivity index (χ1) is 19.7. The molecule has 1 aliphatic rings. The molecule has 0 spiro atoms. The second-order valence-electron chi connectivity index (χ2n) is 10.7. The number of furan rings is 1. The summed E-state index contributed by atoms with van der Waals surface area (Å²) in [6.45, 7) is 3.87. The Kier molecular flexibility index (Phi) is 8.23. The molecule has 5 rings (SSSR count). The van der Waals surface area contributed by atoms with E-state index in [-0.39, 0.29) is 37.8 Å². The van der Waals surface area contributed by atoms with E-state index in [1.54, 1.807) is 0 Å². The van der Waals surface area contributed by atoms with E-state index in [2.05, 4.69) is 10.6 Å². The SMILES string of the molecule is Cc1c(CC(=O)N[C@H](Cc2ccccc2)C(=O)NCCCC(=O)O)c(=O)oc2c(C)c3oc4c(c3cc12)CCCC4. The summed E-state index contributed by atoms with van der Waals surface area (Å²) in [5.74, 6) is -0.853. The third kappa shape index (κ3) is 6.04. The lowest BCUT2D eigenvalue weighted by Crippen LogP contribution is -2.49. The quantitative estimate of drug-likeness (QED) is 0.195. The Balaban J connectivity index is 1.40. The van der Waals surface area contributed by atoms with Crippen LogP contribution in [-0.4, -0.2) is 35.5 Å². The Morgan fingerprint density at radius 2 is 1.71 bits per heavy atom. The van der Waals surface area contributed by atoms with Crippen molar-refractivity contribution in [2.24, 2.45) is 0 Å². The van der Waals surface area contributed by atoms with E-state index >= 15 is 0 Å². The molecule has 2 aromatic carbocycles. The average molecular weight is 559 g/mol. The monoisotopic (exact) mass is 558 g/mol. The molecule has 0 radical (unpaired) electrons. The van der Waals surface area contributed by atoms with Crippen LogP contribution >= 0.6 is 0 Å². The second kappa shape index (κ2) is 12.0. The number of benzene rings is 2. The standard InChI is InChI=1S/C32H34N2O7/c1-18-22-16-24-21-11-6-7-12-26(21)40-30(24)19(2)29(22)41-32(39)23(18)17-27(35)34-25(15-20-9-4-3-5-10-20)31(38)33-14-8-13-28(36)37/h3-5,9-10,16,25H,6-8,11-15,17H2,1-2H3,(H,33,38)(H,34,35)(H,36,37)/t25-/m1/s1. The summed E-state index contributed by atoms with van der Waals surface area (Å²) in [5.41, 5.74) is 4.34. The minimum absolute atomic E-state index is 0.0690. The highest BCUT2D eigenvalue weighted by Gasteiger charge is 2.25. The first-order valence-electron chi connectivity index (χ1n) is 14.1. The van der Waals surface area contributed by atoms with E-state index in [4.69, 9.17) is 13.9 Å². The van der Waals surface area contributed by atoms with Crippen molar-refractivity contribution in [1.29, 1.82) is 0 Å². The summed E-state index contributed by atoms with van der Waals surface area (Å²) in [4.78, 5) is 50.1. The Morgan fingerprint density at radius 1 is 0.976 bits per heavy atom. The Bertz CT molecular complexity index is 1680. The maximum absolute atomic E-state index is 13.2. The van der Waals surface area contributed by atoms with Gasteiger partial charge in [0.1, 0.15) is 23.0 Å². The zero-order valence-electron chi connectivity index (χ0n) is 23.3. The van der Waals surface area contributed by atoms with Gasteiger partial charge >= 0.3 is 11.6 Å². The van der Waals surface area contributed by atoms with Crippen molar-refractivity contribution in [2.45, 2.75) is 71.3 Å². The van der Waals surface area contributed by atoms with Gasteiger partial charge in [0, 0.05) is 47.7 Å². The Hall–Kier alpha value is -4.40. The molecule has 2 aromatic heterocycles. The van der Waals surface area contributed by atoms with Gasteiger partial charge in [-0.3, -0.25) is 14.4 Å². The fraction of sp³-hybridized carbons (Fsp3) is 0.375. The van der Waals surface area contributed by atoms with Crippen LogP contribution in [0, 0.1) is 13.8 Å². The fourth-order valence-corrected chi connectivity index (χ4v) is 5.66. The van der Waals surface area contributed by atoms with Crippen LogP contribution in [0.4, 0.5) is 0 Å². The van der Waals surface area contributed by atoms with E-state index in [1.807, 2.05) is 50.2 Å². The number of carboxylic acid groups (broad SMARTS) is 1. The molecule has 0 aliphatic heterocycles. The average Bonchev–Trinajstić information content (AvgIpc) is 3.33. The number of carboxylic acids is 1. The normalized spacial score (nSPS) is 13.6. The third-order valence-electron chi connectivity index (χ3n) is 7.86. The van der Waals surface area contributed by atoms with Gasteiger partial charge < -0.3 is 24.6 Å². The first kappa shape index (κ1) is 28.1. The highest BCUT2D eigenvalue weighted by molar-refractivity contribution is 6.00. The number of aliphatic carboxylic acids is 1. The number of hydrogen-bond donors (Lipinski definition) is 3. The first-order valence-corrected chi connectivity index (χ1v) is 14.1. The zero-order chi connectivity index (χ0) is 29.1. The van der Waals surface area contributed by atoms with Crippen LogP contribution in [-0.2, 0) is 40.1 Å².